The highest BCUT2D eigenvalue weighted by atomic mass is 127. The average molecular weight is 396 g/mol. The Morgan fingerprint density at radius 1 is 1.35 bits per heavy atom. The van der Waals surface area contributed by atoms with E-state index >= 15 is 0 Å². The van der Waals surface area contributed by atoms with Crippen molar-refractivity contribution in [1.82, 2.24) is 9.80 Å². The fourth-order valence-electron chi connectivity index (χ4n) is 2.76. The molecule has 0 aromatic rings. The van der Waals surface area contributed by atoms with Gasteiger partial charge >= 0.3 is 0 Å². The number of nitrogens with zero attached hydrogens (tertiary/aromatic N) is 3. The van der Waals surface area contributed by atoms with E-state index < -0.39 is 0 Å². The lowest BCUT2D eigenvalue weighted by Crippen LogP contribution is -2.51. The number of halogens is 1. The summed E-state index contributed by atoms with van der Waals surface area (Å²) >= 11 is 0. The van der Waals surface area contributed by atoms with Crippen molar-refractivity contribution in [3.8, 4) is 0 Å². The molecular formula is C15H33IN4. The average Bonchev–Trinajstić information content (AvgIpc) is 2.38. The zero-order valence-electron chi connectivity index (χ0n) is 13.9. The van der Waals surface area contributed by atoms with Crippen LogP contribution in [0.1, 0.15) is 47.5 Å². The molecule has 1 unspecified atom stereocenters. The van der Waals surface area contributed by atoms with Gasteiger partial charge in [0.05, 0.1) is 6.54 Å². The van der Waals surface area contributed by atoms with Gasteiger partial charge in [-0.25, -0.2) is 0 Å². The Morgan fingerprint density at radius 3 is 2.45 bits per heavy atom. The van der Waals surface area contributed by atoms with Crippen LogP contribution in [-0.2, 0) is 0 Å². The minimum absolute atomic E-state index is 0. The lowest BCUT2D eigenvalue weighted by Gasteiger charge is -2.42. The quantitative estimate of drug-likeness (QED) is 0.442. The van der Waals surface area contributed by atoms with Gasteiger partial charge in [-0.1, -0.05) is 6.92 Å². The third kappa shape index (κ3) is 5.76. The summed E-state index contributed by atoms with van der Waals surface area (Å²) in [5, 5.41) is 0. The summed E-state index contributed by atoms with van der Waals surface area (Å²) in [7, 11) is 0. The molecule has 4 nitrogen and oxygen atoms in total. The second-order valence-electron chi connectivity index (χ2n) is 6.35. The van der Waals surface area contributed by atoms with Crippen molar-refractivity contribution >= 4 is 29.9 Å². The highest BCUT2D eigenvalue weighted by molar-refractivity contribution is 14.0. The van der Waals surface area contributed by atoms with Gasteiger partial charge in [0, 0.05) is 25.2 Å². The van der Waals surface area contributed by atoms with E-state index in [1.807, 2.05) is 0 Å². The van der Waals surface area contributed by atoms with Gasteiger partial charge in [-0.3, -0.25) is 9.89 Å². The molecule has 0 radical (unpaired) electrons. The predicted molar refractivity (Wildman–Crippen MR) is 98.9 cm³/mol. The minimum atomic E-state index is 0. The Labute approximate surface area is 142 Å². The molecule has 1 fully saturated rings. The zero-order valence-corrected chi connectivity index (χ0v) is 16.2. The van der Waals surface area contributed by atoms with Crippen LogP contribution in [0.5, 0.6) is 0 Å². The molecule has 0 amide bonds. The van der Waals surface area contributed by atoms with Crippen LogP contribution in [0.4, 0.5) is 0 Å². The number of aliphatic imine (C=N–C) groups is 1. The first-order valence-electron chi connectivity index (χ1n) is 7.70. The van der Waals surface area contributed by atoms with Crippen molar-refractivity contribution in [2.24, 2.45) is 16.6 Å². The van der Waals surface area contributed by atoms with Gasteiger partial charge < -0.3 is 10.6 Å². The maximum Gasteiger partial charge on any atom is 0.191 e. The normalized spacial score (nSPS) is 21.4. The number of likely N-dealkylation sites (tertiary alicyclic amines) is 1. The van der Waals surface area contributed by atoms with Gasteiger partial charge in [0.25, 0.3) is 0 Å². The van der Waals surface area contributed by atoms with Crippen LogP contribution in [0, 0.1) is 5.92 Å². The number of hydrogen-bond acceptors (Lipinski definition) is 2. The smallest absolute Gasteiger partial charge is 0.191 e. The molecule has 1 aliphatic rings. The molecule has 0 aromatic heterocycles. The van der Waals surface area contributed by atoms with E-state index in [0.29, 0.717) is 5.96 Å². The Hall–Kier alpha value is -0.0400. The van der Waals surface area contributed by atoms with E-state index in [4.69, 9.17) is 5.73 Å². The minimum Gasteiger partial charge on any atom is -0.370 e. The van der Waals surface area contributed by atoms with Crippen LogP contribution in [0.15, 0.2) is 4.99 Å². The maximum atomic E-state index is 6.06. The molecule has 1 atom stereocenters. The molecule has 2 N–H and O–H groups in total. The molecule has 5 heteroatoms. The first-order chi connectivity index (χ1) is 8.90. The lowest BCUT2D eigenvalue weighted by molar-refractivity contribution is 0.0773. The van der Waals surface area contributed by atoms with E-state index in [9.17, 15) is 0 Å². The third-order valence-electron chi connectivity index (χ3n) is 4.23. The molecule has 1 heterocycles. The third-order valence-corrected chi connectivity index (χ3v) is 4.23. The topological polar surface area (TPSA) is 44.9 Å². The Kier molecular flexibility index (Phi) is 9.06. The second-order valence-corrected chi connectivity index (χ2v) is 6.35. The summed E-state index contributed by atoms with van der Waals surface area (Å²) in [6.07, 6.45) is 2.66. The maximum absolute atomic E-state index is 6.06. The van der Waals surface area contributed by atoms with Crippen molar-refractivity contribution in [2.75, 3.05) is 32.7 Å². The molecule has 0 spiro atoms. The van der Waals surface area contributed by atoms with Crippen LogP contribution < -0.4 is 5.73 Å². The molecule has 120 valence electrons. The monoisotopic (exact) mass is 396 g/mol. The molecule has 1 saturated heterocycles. The SMILES string of the molecule is CCN(CC)C(N)=NCC(C)(C)N1CCCC(C)C1.I. The van der Waals surface area contributed by atoms with E-state index in [1.54, 1.807) is 0 Å². The van der Waals surface area contributed by atoms with Crippen molar-refractivity contribution < 1.29 is 0 Å². The fraction of sp³-hybridized carbons (Fsp3) is 0.933. The van der Waals surface area contributed by atoms with Crippen LogP contribution in [0.3, 0.4) is 0 Å². The standard InChI is InChI=1S/C15H32N4.HI/c1-6-18(7-2)14(16)17-12-15(4,5)19-10-8-9-13(3)11-19;/h13H,6-12H2,1-5H3,(H2,16,17);1H. The largest absolute Gasteiger partial charge is 0.370 e. The number of guanidine groups is 1. The van der Waals surface area contributed by atoms with E-state index in [0.717, 1.165) is 25.6 Å². The molecular weight excluding hydrogens is 363 g/mol. The Bertz CT molecular complexity index is 300. The summed E-state index contributed by atoms with van der Waals surface area (Å²) in [5.41, 5.74) is 6.16. The van der Waals surface area contributed by atoms with Crippen molar-refractivity contribution in [1.29, 1.82) is 0 Å². The van der Waals surface area contributed by atoms with Gasteiger partial charge in [-0.2, -0.15) is 0 Å². The molecule has 0 bridgehead atoms. The van der Waals surface area contributed by atoms with Gasteiger partial charge in [0.15, 0.2) is 5.96 Å². The van der Waals surface area contributed by atoms with Crippen molar-refractivity contribution in [2.45, 2.75) is 53.0 Å². The lowest BCUT2D eigenvalue weighted by atomic mass is 9.94. The summed E-state index contributed by atoms with van der Waals surface area (Å²) in [4.78, 5) is 9.29. The molecule has 0 saturated carbocycles. The van der Waals surface area contributed by atoms with Crippen LogP contribution >= 0.6 is 24.0 Å². The Morgan fingerprint density at radius 2 is 1.95 bits per heavy atom. The van der Waals surface area contributed by atoms with Gasteiger partial charge in [-0.15, -0.1) is 24.0 Å². The van der Waals surface area contributed by atoms with Gasteiger partial charge in [0.1, 0.15) is 0 Å². The summed E-state index contributed by atoms with van der Waals surface area (Å²) in [6.45, 7) is 16.1. The molecule has 0 aromatic carbocycles. The number of rotatable bonds is 5. The summed E-state index contributed by atoms with van der Waals surface area (Å²) < 4.78 is 0. The van der Waals surface area contributed by atoms with Crippen LogP contribution in [0.25, 0.3) is 0 Å². The van der Waals surface area contributed by atoms with E-state index in [-0.39, 0.29) is 29.5 Å². The number of nitrogens with two attached hydrogens (primary N) is 1. The molecule has 0 aliphatic carbocycles. The predicted octanol–water partition coefficient (Wildman–Crippen LogP) is 2.77. The molecule has 1 aliphatic heterocycles. The van der Waals surface area contributed by atoms with Crippen LogP contribution in [-0.4, -0.2) is 54.0 Å². The first kappa shape index (κ1) is 20.0. The van der Waals surface area contributed by atoms with Crippen molar-refractivity contribution in [3.05, 3.63) is 0 Å². The van der Waals surface area contributed by atoms with Gasteiger partial charge in [-0.05, 0) is 53.0 Å². The van der Waals surface area contributed by atoms with Gasteiger partial charge in [0.2, 0.25) is 0 Å². The summed E-state index contributed by atoms with van der Waals surface area (Å²) in [5.74, 6) is 1.49. The second kappa shape index (κ2) is 9.07. The molecule has 1 rings (SSSR count). The first-order valence-corrected chi connectivity index (χ1v) is 7.70. The number of piperidine rings is 1. The van der Waals surface area contributed by atoms with Crippen molar-refractivity contribution in [3.63, 3.8) is 0 Å². The molecule has 20 heavy (non-hydrogen) atoms. The number of hydrogen-bond donors (Lipinski definition) is 1. The fourth-order valence-corrected chi connectivity index (χ4v) is 2.76. The zero-order chi connectivity index (χ0) is 14.5. The summed E-state index contributed by atoms with van der Waals surface area (Å²) in [6, 6.07) is 0. The van der Waals surface area contributed by atoms with E-state index in [2.05, 4.69) is 49.4 Å². The highest BCUT2D eigenvalue weighted by Crippen LogP contribution is 2.24. The van der Waals surface area contributed by atoms with E-state index in [1.165, 1.54) is 25.9 Å². The van der Waals surface area contributed by atoms with Crippen LogP contribution in [0.2, 0.25) is 0 Å². The highest BCUT2D eigenvalue weighted by Gasteiger charge is 2.29. The Balaban J connectivity index is 0.00000361.